The summed E-state index contributed by atoms with van der Waals surface area (Å²) >= 11 is 0. The van der Waals surface area contributed by atoms with Crippen LogP contribution in [0.15, 0.2) is 4.99 Å². The maximum atomic E-state index is 5.38. The third-order valence-electron chi connectivity index (χ3n) is 3.02. The molecule has 0 radical (unpaired) electrons. The van der Waals surface area contributed by atoms with Crippen molar-refractivity contribution in [2.75, 3.05) is 33.2 Å². The summed E-state index contributed by atoms with van der Waals surface area (Å²) in [6.45, 7) is 4.36. The van der Waals surface area contributed by atoms with E-state index in [1.807, 2.05) is 0 Å². The molecule has 5 nitrogen and oxygen atoms in total. The Morgan fingerprint density at radius 3 is 2.36 bits per heavy atom. The third-order valence-corrected chi connectivity index (χ3v) is 3.02. The van der Waals surface area contributed by atoms with Crippen molar-refractivity contribution in [2.45, 2.75) is 18.9 Å². The predicted octanol–water partition coefficient (Wildman–Crippen LogP) is -0.784. The first-order chi connectivity index (χ1) is 6.85. The molecule has 0 aromatic heterocycles. The molecule has 0 spiro atoms. The number of hydrazine groups is 1. The van der Waals surface area contributed by atoms with Crippen LogP contribution >= 0.6 is 0 Å². The van der Waals surface area contributed by atoms with Gasteiger partial charge in [-0.25, -0.2) is 5.84 Å². The average molecular weight is 197 g/mol. The molecule has 80 valence electrons. The van der Waals surface area contributed by atoms with Crippen LogP contribution in [0.2, 0.25) is 0 Å². The highest BCUT2D eigenvalue weighted by molar-refractivity contribution is 5.79. The lowest BCUT2D eigenvalue weighted by atomic mass is 10.3. The highest BCUT2D eigenvalue weighted by Gasteiger charge is 2.31. The second-order valence-corrected chi connectivity index (χ2v) is 3.95. The van der Waals surface area contributed by atoms with Crippen LogP contribution in [-0.4, -0.2) is 55.0 Å². The molecule has 0 amide bonds. The number of hydrogen-bond acceptors (Lipinski definition) is 3. The number of nitrogens with zero attached hydrogens (tertiary/aromatic N) is 3. The van der Waals surface area contributed by atoms with Gasteiger partial charge in [0.1, 0.15) is 0 Å². The van der Waals surface area contributed by atoms with E-state index in [0.29, 0.717) is 0 Å². The number of piperazine rings is 1. The molecule has 0 bridgehead atoms. The maximum absolute atomic E-state index is 5.38. The zero-order valence-corrected chi connectivity index (χ0v) is 8.74. The minimum atomic E-state index is 0.806. The summed E-state index contributed by atoms with van der Waals surface area (Å²) in [7, 11) is 1.77. The van der Waals surface area contributed by atoms with Gasteiger partial charge < -0.3 is 4.90 Å². The molecule has 0 atom stereocenters. The van der Waals surface area contributed by atoms with Crippen molar-refractivity contribution >= 4 is 5.96 Å². The summed E-state index contributed by atoms with van der Waals surface area (Å²) in [5.74, 6) is 6.19. The molecule has 0 aromatic rings. The Hall–Kier alpha value is -0.810. The average Bonchev–Trinajstić information content (AvgIpc) is 3.04. The summed E-state index contributed by atoms with van der Waals surface area (Å²) in [4.78, 5) is 8.88. The van der Waals surface area contributed by atoms with E-state index in [-0.39, 0.29) is 0 Å². The normalized spacial score (nSPS) is 25.3. The van der Waals surface area contributed by atoms with Crippen molar-refractivity contribution in [1.82, 2.24) is 15.2 Å². The maximum Gasteiger partial charge on any atom is 0.208 e. The number of hydrogen-bond donors (Lipinski definition) is 2. The smallest absolute Gasteiger partial charge is 0.208 e. The first kappa shape index (κ1) is 9.73. The molecule has 14 heavy (non-hydrogen) atoms. The Labute approximate surface area is 84.9 Å². The SMILES string of the molecule is CN=C(NN)N1CCN(C2CC2)CC1. The molecule has 1 heterocycles. The van der Waals surface area contributed by atoms with Gasteiger partial charge in [-0.15, -0.1) is 0 Å². The number of guanidine groups is 1. The Kier molecular flexibility index (Phi) is 2.88. The number of nitrogens with two attached hydrogens (primary N) is 1. The lowest BCUT2D eigenvalue weighted by Crippen LogP contribution is -2.54. The molecule has 5 heteroatoms. The summed E-state index contributed by atoms with van der Waals surface area (Å²) < 4.78 is 0. The molecule has 2 aliphatic rings. The molecule has 1 saturated carbocycles. The molecule has 1 aliphatic carbocycles. The second-order valence-electron chi connectivity index (χ2n) is 3.95. The van der Waals surface area contributed by atoms with E-state index < -0.39 is 0 Å². The lowest BCUT2D eigenvalue weighted by molar-refractivity contribution is 0.171. The van der Waals surface area contributed by atoms with Crippen molar-refractivity contribution in [3.8, 4) is 0 Å². The number of nitrogens with one attached hydrogen (secondary N) is 1. The molecule has 1 saturated heterocycles. The highest BCUT2D eigenvalue weighted by Crippen LogP contribution is 2.27. The fourth-order valence-electron chi connectivity index (χ4n) is 2.04. The first-order valence-corrected chi connectivity index (χ1v) is 5.27. The van der Waals surface area contributed by atoms with Crippen LogP contribution in [0.3, 0.4) is 0 Å². The van der Waals surface area contributed by atoms with Crippen LogP contribution < -0.4 is 11.3 Å². The standard InChI is InChI=1S/C9H19N5/c1-11-9(12-10)14-6-4-13(5-7-14)8-2-3-8/h8H,2-7,10H2,1H3,(H,11,12). The Bertz CT molecular complexity index is 215. The van der Waals surface area contributed by atoms with Crippen LogP contribution in [0.4, 0.5) is 0 Å². The molecule has 2 rings (SSSR count). The van der Waals surface area contributed by atoms with Crippen molar-refractivity contribution in [1.29, 1.82) is 0 Å². The van der Waals surface area contributed by atoms with Crippen LogP contribution in [-0.2, 0) is 0 Å². The summed E-state index contributed by atoms with van der Waals surface area (Å²) in [6, 6.07) is 0.880. The van der Waals surface area contributed by atoms with Crippen molar-refractivity contribution in [3.05, 3.63) is 0 Å². The van der Waals surface area contributed by atoms with Crippen molar-refractivity contribution < 1.29 is 0 Å². The van der Waals surface area contributed by atoms with Crippen LogP contribution in [0.25, 0.3) is 0 Å². The summed E-state index contributed by atoms with van der Waals surface area (Å²) in [5.41, 5.74) is 2.64. The fourth-order valence-corrected chi connectivity index (χ4v) is 2.04. The molecule has 0 unspecified atom stereocenters. The van der Waals surface area contributed by atoms with E-state index in [2.05, 4.69) is 20.2 Å². The van der Waals surface area contributed by atoms with Gasteiger partial charge in [0, 0.05) is 39.3 Å². The Balaban J connectivity index is 1.82. The minimum absolute atomic E-state index is 0.806. The monoisotopic (exact) mass is 197 g/mol. The van der Waals surface area contributed by atoms with E-state index in [0.717, 1.165) is 38.2 Å². The molecule has 3 N–H and O–H groups in total. The van der Waals surface area contributed by atoms with Crippen LogP contribution in [0.1, 0.15) is 12.8 Å². The third kappa shape index (κ3) is 1.99. The topological polar surface area (TPSA) is 56.9 Å². The van der Waals surface area contributed by atoms with Crippen molar-refractivity contribution in [2.24, 2.45) is 10.8 Å². The first-order valence-electron chi connectivity index (χ1n) is 5.27. The summed E-state index contributed by atoms with van der Waals surface area (Å²) in [5, 5.41) is 0. The number of rotatable bonds is 1. The largest absolute Gasteiger partial charge is 0.339 e. The van der Waals surface area contributed by atoms with Gasteiger partial charge in [0.2, 0.25) is 5.96 Å². The summed E-state index contributed by atoms with van der Waals surface area (Å²) in [6.07, 6.45) is 2.79. The molecule has 0 aromatic carbocycles. The van der Waals surface area contributed by atoms with Gasteiger partial charge in [-0.2, -0.15) is 0 Å². The molecule has 1 aliphatic heterocycles. The van der Waals surface area contributed by atoms with Gasteiger partial charge in [-0.3, -0.25) is 15.3 Å². The van der Waals surface area contributed by atoms with E-state index >= 15 is 0 Å². The fraction of sp³-hybridized carbons (Fsp3) is 0.889. The van der Waals surface area contributed by atoms with E-state index in [9.17, 15) is 0 Å². The van der Waals surface area contributed by atoms with E-state index in [4.69, 9.17) is 5.84 Å². The van der Waals surface area contributed by atoms with Gasteiger partial charge in [-0.1, -0.05) is 0 Å². The van der Waals surface area contributed by atoms with Gasteiger partial charge in [0.15, 0.2) is 0 Å². The zero-order valence-electron chi connectivity index (χ0n) is 8.74. The van der Waals surface area contributed by atoms with Crippen LogP contribution in [0, 0.1) is 0 Å². The van der Waals surface area contributed by atoms with Crippen LogP contribution in [0.5, 0.6) is 0 Å². The Morgan fingerprint density at radius 1 is 1.29 bits per heavy atom. The highest BCUT2D eigenvalue weighted by atomic mass is 15.4. The van der Waals surface area contributed by atoms with Gasteiger partial charge in [0.25, 0.3) is 0 Å². The van der Waals surface area contributed by atoms with Gasteiger partial charge in [0.05, 0.1) is 0 Å². The second kappa shape index (κ2) is 4.14. The molecule has 2 fully saturated rings. The predicted molar refractivity (Wildman–Crippen MR) is 56.9 cm³/mol. The van der Waals surface area contributed by atoms with E-state index in [1.54, 1.807) is 7.05 Å². The minimum Gasteiger partial charge on any atom is -0.339 e. The number of aliphatic imine (C=N–C) groups is 1. The molecular weight excluding hydrogens is 178 g/mol. The quantitative estimate of drug-likeness (QED) is 0.250. The van der Waals surface area contributed by atoms with Gasteiger partial charge in [-0.05, 0) is 12.8 Å². The van der Waals surface area contributed by atoms with E-state index in [1.165, 1.54) is 12.8 Å². The van der Waals surface area contributed by atoms with Crippen molar-refractivity contribution in [3.63, 3.8) is 0 Å². The zero-order chi connectivity index (χ0) is 9.97. The van der Waals surface area contributed by atoms with Gasteiger partial charge >= 0.3 is 0 Å². The Morgan fingerprint density at radius 2 is 1.93 bits per heavy atom. The molecular formula is C9H19N5. The lowest BCUT2D eigenvalue weighted by Gasteiger charge is -2.36.